The number of para-hydroxylation sites is 1. The fourth-order valence-electron chi connectivity index (χ4n) is 2.71. The summed E-state index contributed by atoms with van der Waals surface area (Å²) in [5.41, 5.74) is 1.96. The third-order valence-corrected chi connectivity index (χ3v) is 4.03. The van der Waals surface area contributed by atoms with Crippen LogP contribution in [-0.4, -0.2) is 15.9 Å². The van der Waals surface area contributed by atoms with E-state index in [2.05, 4.69) is 21.4 Å². The molecule has 130 valence electrons. The molecule has 0 radical (unpaired) electrons. The van der Waals surface area contributed by atoms with Crippen LogP contribution in [0.25, 0.3) is 10.9 Å². The van der Waals surface area contributed by atoms with Gasteiger partial charge < -0.3 is 10.3 Å². The van der Waals surface area contributed by atoms with Crippen LogP contribution in [0, 0.1) is 11.3 Å². The highest BCUT2D eigenvalue weighted by Crippen LogP contribution is 2.08. The second-order valence-corrected chi connectivity index (χ2v) is 5.97. The maximum atomic E-state index is 12.0. The van der Waals surface area contributed by atoms with Crippen molar-refractivity contribution in [2.45, 2.75) is 25.8 Å². The minimum atomic E-state index is -0.160. The van der Waals surface area contributed by atoms with Gasteiger partial charge in [-0.1, -0.05) is 24.3 Å². The number of carbonyl (C=O) groups excluding carboxylic acids is 1. The summed E-state index contributed by atoms with van der Waals surface area (Å²) in [5.74, 6) is 0.513. The highest BCUT2D eigenvalue weighted by atomic mass is 16.1. The Kier molecular flexibility index (Phi) is 5.40. The minimum Gasteiger partial charge on any atom is -0.352 e. The Morgan fingerprint density at radius 1 is 1.19 bits per heavy atom. The minimum absolute atomic E-state index is 0.0736. The highest BCUT2D eigenvalue weighted by molar-refractivity contribution is 5.77. The summed E-state index contributed by atoms with van der Waals surface area (Å²) in [6, 6.07) is 16.4. The molecule has 0 aliphatic rings. The van der Waals surface area contributed by atoms with Gasteiger partial charge in [0.05, 0.1) is 22.5 Å². The molecule has 2 N–H and O–H groups in total. The average Bonchev–Trinajstić information content (AvgIpc) is 2.66. The third-order valence-electron chi connectivity index (χ3n) is 4.03. The second-order valence-electron chi connectivity index (χ2n) is 5.97. The van der Waals surface area contributed by atoms with Crippen LogP contribution in [0.15, 0.2) is 53.3 Å². The molecule has 0 saturated heterocycles. The lowest BCUT2D eigenvalue weighted by molar-refractivity contribution is -0.121. The Morgan fingerprint density at radius 2 is 2.04 bits per heavy atom. The molecule has 3 aromatic rings. The monoisotopic (exact) mass is 346 g/mol. The maximum absolute atomic E-state index is 12.0. The van der Waals surface area contributed by atoms with Crippen molar-refractivity contribution in [1.82, 2.24) is 15.3 Å². The van der Waals surface area contributed by atoms with Crippen molar-refractivity contribution in [1.29, 1.82) is 5.26 Å². The van der Waals surface area contributed by atoms with E-state index < -0.39 is 0 Å². The SMILES string of the molecule is N#Cc1cccc(CNC(=O)CCCc2nc3ccccc3c(=O)[nH]2)c1. The number of aromatic nitrogens is 2. The normalized spacial score (nSPS) is 10.4. The summed E-state index contributed by atoms with van der Waals surface area (Å²) in [4.78, 5) is 31.2. The van der Waals surface area contributed by atoms with Crippen LogP contribution < -0.4 is 10.9 Å². The smallest absolute Gasteiger partial charge is 0.258 e. The van der Waals surface area contributed by atoms with E-state index >= 15 is 0 Å². The Hall–Kier alpha value is -3.46. The molecule has 0 atom stereocenters. The van der Waals surface area contributed by atoms with Crippen molar-refractivity contribution in [2.75, 3.05) is 0 Å². The number of nitriles is 1. The molecule has 0 fully saturated rings. The van der Waals surface area contributed by atoms with E-state index in [1.807, 2.05) is 12.1 Å². The molecule has 0 aliphatic carbocycles. The summed E-state index contributed by atoms with van der Waals surface area (Å²) in [7, 11) is 0. The molecule has 0 bridgehead atoms. The summed E-state index contributed by atoms with van der Waals surface area (Å²) in [6.45, 7) is 0.388. The molecule has 0 spiro atoms. The number of fused-ring (bicyclic) bond motifs is 1. The molecule has 1 heterocycles. The molecule has 1 aromatic heterocycles. The van der Waals surface area contributed by atoms with E-state index in [-0.39, 0.29) is 11.5 Å². The predicted molar refractivity (Wildman–Crippen MR) is 98.3 cm³/mol. The molecule has 1 amide bonds. The van der Waals surface area contributed by atoms with Gasteiger partial charge in [-0.3, -0.25) is 9.59 Å². The number of nitrogens with one attached hydrogen (secondary N) is 2. The van der Waals surface area contributed by atoms with Crippen LogP contribution in [0.5, 0.6) is 0 Å². The lowest BCUT2D eigenvalue weighted by atomic mass is 10.1. The van der Waals surface area contributed by atoms with Gasteiger partial charge in [0, 0.05) is 19.4 Å². The summed E-state index contributed by atoms with van der Waals surface area (Å²) in [5, 5.41) is 12.3. The molecule has 2 aromatic carbocycles. The molecular weight excluding hydrogens is 328 g/mol. The van der Waals surface area contributed by atoms with Crippen LogP contribution in [0.2, 0.25) is 0 Å². The van der Waals surface area contributed by atoms with Gasteiger partial charge in [0.1, 0.15) is 5.82 Å². The fourth-order valence-corrected chi connectivity index (χ4v) is 2.71. The Balaban J connectivity index is 1.51. The number of nitrogens with zero attached hydrogens (tertiary/aromatic N) is 2. The first-order valence-electron chi connectivity index (χ1n) is 8.39. The molecular formula is C20H18N4O2. The van der Waals surface area contributed by atoms with Crippen LogP contribution in [0.4, 0.5) is 0 Å². The molecule has 6 heteroatoms. The topological polar surface area (TPSA) is 98.6 Å². The van der Waals surface area contributed by atoms with E-state index in [4.69, 9.17) is 5.26 Å². The van der Waals surface area contributed by atoms with Gasteiger partial charge in [0.15, 0.2) is 0 Å². The van der Waals surface area contributed by atoms with Gasteiger partial charge in [-0.25, -0.2) is 4.98 Å². The molecule has 0 aliphatic heterocycles. The second kappa shape index (κ2) is 8.08. The van der Waals surface area contributed by atoms with E-state index in [1.54, 1.807) is 36.4 Å². The first kappa shape index (κ1) is 17.4. The van der Waals surface area contributed by atoms with E-state index in [0.29, 0.717) is 48.1 Å². The van der Waals surface area contributed by atoms with Crippen LogP contribution >= 0.6 is 0 Å². The number of amides is 1. The number of aryl methyl sites for hydroxylation is 1. The van der Waals surface area contributed by atoms with Crippen molar-refractivity contribution >= 4 is 16.8 Å². The summed E-state index contributed by atoms with van der Waals surface area (Å²) >= 11 is 0. The largest absolute Gasteiger partial charge is 0.352 e. The van der Waals surface area contributed by atoms with Crippen LogP contribution in [0.3, 0.4) is 0 Å². The number of hydrogen-bond donors (Lipinski definition) is 2. The third kappa shape index (κ3) is 4.33. The Morgan fingerprint density at radius 3 is 2.88 bits per heavy atom. The molecule has 0 saturated carbocycles. The molecule has 26 heavy (non-hydrogen) atoms. The van der Waals surface area contributed by atoms with Gasteiger partial charge in [-0.15, -0.1) is 0 Å². The fraction of sp³-hybridized carbons (Fsp3) is 0.200. The predicted octanol–water partition coefficient (Wildman–Crippen LogP) is 2.43. The van der Waals surface area contributed by atoms with Gasteiger partial charge in [-0.05, 0) is 36.2 Å². The maximum Gasteiger partial charge on any atom is 0.258 e. The first-order chi connectivity index (χ1) is 12.7. The zero-order chi connectivity index (χ0) is 18.4. The van der Waals surface area contributed by atoms with Crippen LogP contribution in [-0.2, 0) is 17.8 Å². The summed E-state index contributed by atoms with van der Waals surface area (Å²) in [6.07, 6.45) is 1.46. The van der Waals surface area contributed by atoms with Gasteiger partial charge >= 0.3 is 0 Å². The Labute approximate surface area is 150 Å². The molecule has 6 nitrogen and oxygen atoms in total. The number of benzene rings is 2. The number of aromatic amines is 1. The molecule has 0 unspecified atom stereocenters. The van der Waals surface area contributed by atoms with E-state index in [0.717, 1.165) is 5.56 Å². The number of hydrogen-bond acceptors (Lipinski definition) is 4. The zero-order valence-corrected chi connectivity index (χ0v) is 14.2. The van der Waals surface area contributed by atoms with Crippen molar-refractivity contribution < 1.29 is 4.79 Å². The van der Waals surface area contributed by atoms with Crippen molar-refractivity contribution in [3.05, 3.63) is 75.8 Å². The lowest BCUT2D eigenvalue weighted by Crippen LogP contribution is -2.22. The van der Waals surface area contributed by atoms with E-state index in [1.165, 1.54) is 0 Å². The lowest BCUT2D eigenvalue weighted by Gasteiger charge is -2.06. The molecule has 3 rings (SSSR count). The average molecular weight is 346 g/mol. The van der Waals surface area contributed by atoms with Crippen molar-refractivity contribution in [2.24, 2.45) is 0 Å². The number of rotatable bonds is 6. The van der Waals surface area contributed by atoms with Gasteiger partial charge in [0.2, 0.25) is 5.91 Å². The number of H-pyrrole nitrogens is 1. The summed E-state index contributed by atoms with van der Waals surface area (Å²) < 4.78 is 0. The van der Waals surface area contributed by atoms with Crippen LogP contribution in [0.1, 0.15) is 29.8 Å². The number of carbonyl (C=O) groups is 1. The highest BCUT2D eigenvalue weighted by Gasteiger charge is 2.06. The quantitative estimate of drug-likeness (QED) is 0.716. The van der Waals surface area contributed by atoms with Crippen molar-refractivity contribution in [3.8, 4) is 6.07 Å². The first-order valence-corrected chi connectivity index (χ1v) is 8.39. The Bertz CT molecular complexity index is 1030. The standard InChI is InChI=1S/C20H18N4O2/c21-12-14-5-3-6-15(11-14)13-22-19(25)10-4-9-18-23-17-8-2-1-7-16(17)20(26)24-18/h1-3,5-8,11H,4,9-10,13H2,(H,22,25)(H,23,24,26). The van der Waals surface area contributed by atoms with Crippen molar-refractivity contribution in [3.63, 3.8) is 0 Å². The van der Waals surface area contributed by atoms with E-state index in [9.17, 15) is 9.59 Å². The van der Waals surface area contributed by atoms with Gasteiger partial charge in [-0.2, -0.15) is 5.26 Å². The van der Waals surface area contributed by atoms with Gasteiger partial charge in [0.25, 0.3) is 5.56 Å². The zero-order valence-electron chi connectivity index (χ0n) is 14.2.